The smallest absolute Gasteiger partial charge is 0.244 e. The maximum atomic E-state index is 13.2. The molecule has 1 N–H and O–H groups in total. The van der Waals surface area contributed by atoms with Crippen molar-refractivity contribution in [2.75, 3.05) is 5.32 Å². The summed E-state index contributed by atoms with van der Waals surface area (Å²) in [6.45, 7) is 0. The summed E-state index contributed by atoms with van der Waals surface area (Å²) < 4.78 is 13.5. The van der Waals surface area contributed by atoms with Gasteiger partial charge in [-0.3, -0.25) is 4.79 Å². The van der Waals surface area contributed by atoms with E-state index < -0.39 is 5.41 Å². The van der Waals surface area contributed by atoms with Crippen molar-refractivity contribution in [1.82, 2.24) is 0 Å². The number of hydrogen-bond donors (Lipinski definition) is 1. The number of amides is 1. The van der Waals surface area contributed by atoms with Crippen LogP contribution in [0.15, 0.2) is 22.7 Å². The minimum atomic E-state index is -0.947. The first-order valence-electron chi connectivity index (χ1n) is 6.75. The van der Waals surface area contributed by atoms with E-state index in [1.54, 1.807) is 0 Å². The zero-order chi connectivity index (χ0) is 14.6. The van der Waals surface area contributed by atoms with Crippen LogP contribution in [-0.4, -0.2) is 5.91 Å². The SMILES string of the molecule is N#CC1(C(=O)Nc2ccc(F)c(Br)c2)CCCCCC1. The molecule has 0 saturated heterocycles. The first-order valence-corrected chi connectivity index (χ1v) is 7.54. The Bertz CT molecular complexity index is 545. The summed E-state index contributed by atoms with van der Waals surface area (Å²) in [6.07, 6.45) is 5.12. The van der Waals surface area contributed by atoms with Gasteiger partial charge in [-0.05, 0) is 47.0 Å². The number of hydrogen-bond acceptors (Lipinski definition) is 2. The largest absolute Gasteiger partial charge is 0.325 e. The molecule has 1 aliphatic rings. The Morgan fingerprint density at radius 1 is 1.30 bits per heavy atom. The molecule has 0 bridgehead atoms. The molecule has 0 aliphatic heterocycles. The topological polar surface area (TPSA) is 52.9 Å². The van der Waals surface area contributed by atoms with Crippen molar-refractivity contribution in [3.05, 3.63) is 28.5 Å². The van der Waals surface area contributed by atoms with Crippen LogP contribution in [0, 0.1) is 22.6 Å². The van der Waals surface area contributed by atoms with Crippen molar-refractivity contribution >= 4 is 27.5 Å². The lowest BCUT2D eigenvalue weighted by atomic mass is 9.81. The van der Waals surface area contributed by atoms with E-state index in [9.17, 15) is 14.4 Å². The molecule has 0 unspecified atom stereocenters. The van der Waals surface area contributed by atoms with Crippen LogP contribution in [0.5, 0.6) is 0 Å². The molecule has 1 amide bonds. The van der Waals surface area contributed by atoms with Crippen molar-refractivity contribution in [1.29, 1.82) is 5.26 Å². The Kier molecular flexibility index (Phi) is 4.77. The molecule has 1 aromatic rings. The summed E-state index contributed by atoms with van der Waals surface area (Å²) in [6, 6.07) is 6.50. The Balaban J connectivity index is 2.16. The highest BCUT2D eigenvalue weighted by Crippen LogP contribution is 2.35. The maximum Gasteiger partial charge on any atom is 0.244 e. The number of nitrogens with one attached hydrogen (secondary N) is 1. The van der Waals surface area contributed by atoms with Crippen molar-refractivity contribution in [2.45, 2.75) is 38.5 Å². The summed E-state index contributed by atoms with van der Waals surface area (Å²) in [5, 5.41) is 12.2. The second-order valence-corrected chi connectivity index (χ2v) is 6.05. The van der Waals surface area contributed by atoms with Gasteiger partial charge in [0.15, 0.2) is 0 Å². The van der Waals surface area contributed by atoms with E-state index in [2.05, 4.69) is 27.3 Å². The van der Waals surface area contributed by atoms with Gasteiger partial charge >= 0.3 is 0 Å². The first-order chi connectivity index (χ1) is 9.57. The number of benzene rings is 1. The van der Waals surface area contributed by atoms with E-state index in [1.807, 2.05) is 0 Å². The molecule has 1 aromatic carbocycles. The molecule has 0 radical (unpaired) electrons. The number of rotatable bonds is 2. The molecule has 1 aliphatic carbocycles. The van der Waals surface area contributed by atoms with E-state index in [1.165, 1.54) is 18.2 Å². The van der Waals surface area contributed by atoms with Crippen LogP contribution in [0.3, 0.4) is 0 Å². The molecular weight excluding hydrogens is 323 g/mol. The van der Waals surface area contributed by atoms with Gasteiger partial charge in [0.05, 0.1) is 10.5 Å². The zero-order valence-electron chi connectivity index (χ0n) is 11.1. The van der Waals surface area contributed by atoms with Gasteiger partial charge in [-0.25, -0.2) is 4.39 Å². The van der Waals surface area contributed by atoms with Crippen LogP contribution < -0.4 is 5.32 Å². The average molecular weight is 339 g/mol. The highest BCUT2D eigenvalue weighted by Gasteiger charge is 2.38. The van der Waals surface area contributed by atoms with Gasteiger partial charge in [0.2, 0.25) is 5.91 Å². The van der Waals surface area contributed by atoms with E-state index in [0.717, 1.165) is 25.7 Å². The molecule has 3 nitrogen and oxygen atoms in total. The van der Waals surface area contributed by atoms with Crippen LogP contribution in [0.25, 0.3) is 0 Å². The monoisotopic (exact) mass is 338 g/mol. The molecule has 1 saturated carbocycles. The minimum Gasteiger partial charge on any atom is -0.325 e. The third-order valence-corrected chi connectivity index (χ3v) is 4.39. The predicted octanol–water partition coefficient (Wildman–Crippen LogP) is 4.39. The highest BCUT2D eigenvalue weighted by atomic mass is 79.9. The molecule has 0 heterocycles. The van der Waals surface area contributed by atoms with E-state index in [0.29, 0.717) is 23.0 Å². The van der Waals surface area contributed by atoms with Crippen LogP contribution >= 0.6 is 15.9 Å². The molecule has 0 aromatic heterocycles. The van der Waals surface area contributed by atoms with Gasteiger partial charge in [0, 0.05) is 5.69 Å². The molecule has 0 spiro atoms. The van der Waals surface area contributed by atoms with E-state index in [-0.39, 0.29) is 11.7 Å². The fraction of sp³-hybridized carbons (Fsp3) is 0.467. The van der Waals surface area contributed by atoms with Crippen LogP contribution in [0.1, 0.15) is 38.5 Å². The fourth-order valence-corrected chi connectivity index (χ4v) is 2.93. The number of nitriles is 1. The number of carbonyl (C=O) groups excluding carboxylic acids is 1. The van der Waals surface area contributed by atoms with Crippen LogP contribution in [0.2, 0.25) is 0 Å². The van der Waals surface area contributed by atoms with Crippen molar-refractivity contribution in [3.8, 4) is 6.07 Å². The zero-order valence-corrected chi connectivity index (χ0v) is 12.7. The van der Waals surface area contributed by atoms with Crippen molar-refractivity contribution in [2.24, 2.45) is 5.41 Å². The summed E-state index contributed by atoms with van der Waals surface area (Å²) in [5.74, 6) is -0.659. The number of halogens is 2. The lowest BCUT2D eigenvalue weighted by molar-refractivity contribution is -0.123. The summed E-state index contributed by atoms with van der Waals surface area (Å²) in [4.78, 5) is 12.4. The number of carbonyl (C=O) groups is 1. The fourth-order valence-electron chi connectivity index (χ4n) is 2.55. The van der Waals surface area contributed by atoms with Crippen molar-refractivity contribution in [3.63, 3.8) is 0 Å². The lowest BCUT2D eigenvalue weighted by Gasteiger charge is -2.23. The predicted molar refractivity (Wildman–Crippen MR) is 78.5 cm³/mol. The van der Waals surface area contributed by atoms with Gasteiger partial charge in [0.1, 0.15) is 11.2 Å². The van der Waals surface area contributed by atoms with E-state index in [4.69, 9.17) is 0 Å². The summed E-state index contributed by atoms with van der Waals surface area (Å²) in [7, 11) is 0. The minimum absolute atomic E-state index is 0.277. The summed E-state index contributed by atoms with van der Waals surface area (Å²) in [5.41, 5.74) is -0.445. The normalized spacial score (nSPS) is 17.9. The third kappa shape index (κ3) is 3.18. The molecule has 5 heteroatoms. The van der Waals surface area contributed by atoms with Gasteiger partial charge in [-0.2, -0.15) is 5.26 Å². The number of nitrogens with zero attached hydrogens (tertiary/aromatic N) is 1. The second kappa shape index (κ2) is 6.36. The van der Waals surface area contributed by atoms with E-state index >= 15 is 0 Å². The van der Waals surface area contributed by atoms with Gasteiger partial charge in [-0.1, -0.05) is 25.7 Å². The average Bonchev–Trinajstić information content (AvgIpc) is 2.69. The maximum absolute atomic E-state index is 13.2. The van der Waals surface area contributed by atoms with Gasteiger partial charge < -0.3 is 5.32 Å². The molecule has 20 heavy (non-hydrogen) atoms. The van der Waals surface area contributed by atoms with Gasteiger partial charge in [0.25, 0.3) is 0 Å². The Morgan fingerprint density at radius 3 is 2.50 bits per heavy atom. The molecule has 106 valence electrons. The Morgan fingerprint density at radius 2 is 1.95 bits per heavy atom. The Labute approximate surface area is 126 Å². The van der Waals surface area contributed by atoms with Crippen molar-refractivity contribution < 1.29 is 9.18 Å². The molecule has 0 atom stereocenters. The summed E-state index contributed by atoms with van der Waals surface area (Å²) >= 11 is 3.08. The quantitative estimate of drug-likeness (QED) is 0.813. The second-order valence-electron chi connectivity index (χ2n) is 5.19. The first kappa shape index (κ1) is 15.0. The lowest BCUT2D eigenvalue weighted by Crippen LogP contribution is -2.34. The highest BCUT2D eigenvalue weighted by molar-refractivity contribution is 9.10. The molecular formula is C15H16BrFN2O. The van der Waals surface area contributed by atoms with Crippen LogP contribution in [0.4, 0.5) is 10.1 Å². The van der Waals surface area contributed by atoms with Crippen LogP contribution in [-0.2, 0) is 4.79 Å². The number of anilines is 1. The Hall–Kier alpha value is -1.41. The molecule has 1 fully saturated rings. The third-order valence-electron chi connectivity index (χ3n) is 3.78. The standard InChI is InChI=1S/C15H16BrFN2O/c16-12-9-11(5-6-13(12)17)19-14(20)15(10-18)7-3-1-2-4-8-15/h5-6,9H,1-4,7-8H2,(H,19,20). The van der Waals surface area contributed by atoms with Gasteiger partial charge in [-0.15, -0.1) is 0 Å². The molecule has 2 rings (SSSR count).